The summed E-state index contributed by atoms with van der Waals surface area (Å²) < 4.78 is 6.47. The number of hydrogen-bond donors (Lipinski definition) is 1. The standard InChI is InChI=1S/C10H17N3O2/c1-8-5-12-13(6-8)7-10(2,11-3)9(14)15-4/h5-6,11H,7H2,1-4H3. The molecule has 0 aliphatic heterocycles. The van der Waals surface area contributed by atoms with E-state index in [0.29, 0.717) is 6.54 Å². The minimum absolute atomic E-state index is 0.293. The van der Waals surface area contributed by atoms with Gasteiger partial charge >= 0.3 is 5.97 Å². The molecular weight excluding hydrogens is 194 g/mol. The van der Waals surface area contributed by atoms with Gasteiger partial charge in [-0.25, -0.2) is 4.79 Å². The van der Waals surface area contributed by atoms with Gasteiger partial charge in [0.25, 0.3) is 0 Å². The molecule has 0 bridgehead atoms. The average molecular weight is 211 g/mol. The first kappa shape index (κ1) is 11.7. The van der Waals surface area contributed by atoms with Gasteiger partial charge in [0.2, 0.25) is 0 Å². The van der Waals surface area contributed by atoms with E-state index in [-0.39, 0.29) is 5.97 Å². The van der Waals surface area contributed by atoms with Gasteiger partial charge in [-0.15, -0.1) is 0 Å². The Bertz CT molecular complexity index is 348. The van der Waals surface area contributed by atoms with E-state index >= 15 is 0 Å². The van der Waals surface area contributed by atoms with Crippen LogP contribution < -0.4 is 5.32 Å². The molecule has 1 atom stereocenters. The molecular formula is C10H17N3O2. The first-order chi connectivity index (χ1) is 7.01. The maximum Gasteiger partial charge on any atom is 0.327 e. The average Bonchev–Trinajstić information content (AvgIpc) is 2.62. The number of aromatic nitrogens is 2. The summed E-state index contributed by atoms with van der Waals surface area (Å²) in [6, 6.07) is 0. The number of aryl methyl sites for hydroxylation is 1. The van der Waals surface area contributed by atoms with Gasteiger partial charge in [0, 0.05) is 6.20 Å². The van der Waals surface area contributed by atoms with Crippen molar-refractivity contribution in [2.75, 3.05) is 14.2 Å². The van der Waals surface area contributed by atoms with Crippen molar-refractivity contribution in [1.29, 1.82) is 0 Å². The molecule has 5 heteroatoms. The van der Waals surface area contributed by atoms with Crippen molar-refractivity contribution < 1.29 is 9.53 Å². The fourth-order valence-electron chi connectivity index (χ4n) is 1.35. The van der Waals surface area contributed by atoms with Crippen LogP contribution in [0.15, 0.2) is 12.4 Å². The monoisotopic (exact) mass is 211 g/mol. The molecule has 5 nitrogen and oxygen atoms in total. The molecule has 1 aromatic heterocycles. The highest BCUT2D eigenvalue weighted by atomic mass is 16.5. The first-order valence-electron chi connectivity index (χ1n) is 4.78. The quantitative estimate of drug-likeness (QED) is 0.730. The summed E-state index contributed by atoms with van der Waals surface area (Å²) in [5, 5.41) is 7.09. The third-order valence-electron chi connectivity index (χ3n) is 2.43. The normalized spacial score (nSPS) is 14.7. The largest absolute Gasteiger partial charge is 0.468 e. The number of methoxy groups -OCH3 is 1. The first-order valence-corrected chi connectivity index (χ1v) is 4.78. The summed E-state index contributed by atoms with van der Waals surface area (Å²) in [6.45, 7) is 4.19. The number of ether oxygens (including phenoxy) is 1. The summed E-state index contributed by atoms with van der Waals surface area (Å²) in [4.78, 5) is 11.6. The lowest BCUT2D eigenvalue weighted by molar-refractivity contribution is -0.148. The molecule has 0 saturated heterocycles. The topological polar surface area (TPSA) is 56.2 Å². The van der Waals surface area contributed by atoms with E-state index in [1.807, 2.05) is 13.1 Å². The highest BCUT2D eigenvalue weighted by molar-refractivity contribution is 5.80. The van der Waals surface area contributed by atoms with Crippen molar-refractivity contribution in [3.05, 3.63) is 18.0 Å². The number of nitrogens with zero attached hydrogens (tertiary/aromatic N) is 2. The lowest BCUT2D eigenvalue weighted by Crippen LogP contribution is -2.51. The van der Waals surface area contributed by atoms with Crippen LogP contribution in [0.2, 0.25) is 0 Å². The van der Waals surface area contributed by atoms with Crippen LogP contribution in [0.4, 0.5) is 0 Å². The second-order valence-electron chi connectivity index (χ2n) is 3.79. The van der Waals surface area contributed by atoms with Crippen LogP contribution in [0.5, 0.6) is 0 Å². The van der Waals surface area contributed by atoms with E-state index in [0.717, 1.165) is 5.56 Å². The van der Waals surface area contributed by atoms with Crippen LogP contribution >= 0.6 is 0 Å². The Kier molecular flexibility index (Phi) is 3.47. The van der Waals surface area contributed by atoms with Gasteiger partial charge in [0.05, 0.1) is 19.9 Å². The van der Waals surface area contributed by atoms with Crippen LogP contribution in [0.25, 0.3) is 0 Å². The van der Waals surface area contributed by atoms with Crippen LogP contribution in [0.3, 0.4) is 0 Å². The molecule has 0 amide bonds. The lowest BCUT2D eigenvalue weighted by atomic mass is 10.0. The second-order valence-corrected chi connectivity index (χ2v) is 3.79. The van der Waals surface area contributed by atoms with Crippen LogP contribution in [0.1, 0.15) is 12.5 Å². The molecule has 1 aromatic rings. The third-order valence-corrected chi connectivity index (χ3v) is 2.43. The number of hydrogen-bond acceptors (Lipinski definition) is 4. The SMILES string of the molecule is CNC(C)(Cn1cc(C)cn1)C(=O)OC. The van der Waals surface area contributed by atoms with Crippen LogP contribution in [-0.4, -0.2) is 35.4 Å². The van der Waals surface area contributed by atoms with E-state index in [9.17, 15) is 4.79 Å². The molecule has 0 fully saturated rings. The molecule has 84 valence electrons. The Hall–Kier alpha value is -1.36. The van der Waals surface area contributed by atoms with Crippen molar-refractivity contribution in [3.63, 3.8) is 0 Å². The van der Waals surface area contributed by atoms with Gasteiger partial charge < -0.3 is 10.1 Å². The van der Waals surface area contributed by atoms with Crippen molar-refractivity contribution >= 4 is 5.97 Å². The smallest absolute Gasteiger partial charge is 0.327 e. The van der Waals surface area contributed by atoms with Crippen molar-refractivity contribution in [1.82, 2.24) is 15.1 Å². The van der Waals surface area contributed by atoms with E-state index in [2.05, 4.69) is 10.4 Å². The van der Waals surface area contributed by atoms with Gasteiger partial charge in [-0.3, -0.25) is 4.68 Å². The van der Waals surface area contributed by atoms with E-state index in [1.165, 1.54) is 7.11 Å². The second kappa shape index (κ2) is 4.44. The fraction of sp³-hybridized carbons (Fsp3) is 0.600. The molecule has 1 rings (SSSR count). The zero-order chi connectivity index (χ0) is 11.5. The van der Waals surface area contributed by atoms with Gasteiger partial charge in [-0.2, -0.15) is 5.10 Å². The van der Waals surface area contributed by atoms with Gasteiger partial charge in [-0.05, 0) is 26.5 Å². The number of esters is 1. The highest BCUT2D eigenvalue weighted by Gasteiger charge is 2.33. The fourth-order valence-corrected chi connectivity index (χ4v) is 1.35. The third kappa shape index (κ3) is 2.56. The number of nitrogens with one attached hydrogen (secondary N) is 1. The summed E-state index contributed by atoms with van der Waals surface area (Å²) in [5.74, 6) is -0.293. The van der Waals surface area contributed by atoms with E-state index in [4.69, 9.17) is 4.74 Å². The zero-order valence-electron chi connectivity index (χ0n) is 9.57. The number of carbonyl (C=O) groups is 1. The molecule has 1 N–H and O–H groups in total. The molecule has 0 saturated carbocycles. The molecule has 0 aromatic carbocycles. The Morgan fingerprint density at radius 1 is 1.73 bits per heavy atom. The molecule has 15 heavy (non-hydrogen) atoms. The maximum absolute atomic E-state index is 11.6. The molecule has 0 aliphatic carbocycles. The molecule has 1 heterocycles. The Morgan fingerprint density at radius 3 is 2.80 bits per heavy atom. The van der Waals surface area contributed by atoms with Gasteiger partial charge in [-0.1, -0.05) is 0 Å². The Balaban J connectivity index is 2.80. The van der Waals surface area contributed by atoms with Crippen molar-refractivity contribution in [3.8, 4) is 0 Å². The Morgan fingerprint density at radius 2 is 2.40 bits per heavy atom. The molecule has 0 spiro atoms. The van der Waals surface area contributed by atoms with Crippen LogP contribution in [-0.2, 0) is 16.1 Å². The van der Waals surface area contributed by atoms with Crippen molar-refractivity contribution in [2.45, 2.75) is 25.9 Å². The minimum atomic E-state index is -0.743. The molecule has 0 aliphatic rings. The molecule has 1 unspecified atom stereocenters. The maximum atomic E-state index is 11.6. The zero-order valence-corrected chi connectivity index (χ0v) is 9.57. The number of likely N-dealkylation sites (N-methyl/N-ethyl adjacent to an activating group) is 1. The highest BCUT2D eigenvalue weighted by Crippen LogP contribution is 2.09. The van der Waals surface area contributed by atoms with Crippen molar-refractivity contribution in [2.24, 2.45) is 0 Å². The summed E-state index contributed by atoms with van der Waals surface area (Å²) in [5.41, 5.74) is 0.325. The van der Waals surface area contributed by atoms with Gasteiger partial charge in [0.1, 0.15) is 5.54 Å². The summed E-state index contributed by atoms with van der Waals surface area (Å²) >= 11 is 0. The lowest BCUT2D eigenvalue weighted by Gasteiger charge is -2.25. The Labute approximate surface area is 89.4 Å². The van der Waals surface area contributed by atoms with E-state index in [1.54, 1.807) is 24.9 Å². The van der Waals surface area contributed by atoms with Crippen LogP contribution in [0, 0.1) is 6.92 Å². The summed E-state index contributed by atoms with van der Waals surface area (Å²) in [7, 11) is 3.11. The number of carbonyl (C=O) groups excluding carboxylic acids is 1. The van der Waals surface area contributed by atoms with Gasteiger partial charge in [0.15, 0.2) is 0 Å². The predicted octanol–water partition coefficient (Wildman–Crippen LogP) is 0.343. The minimum Gasteiger partial charge on any atom is -0.468 e. The molecule has 0 radical (unpaired) electrons. The predicted molar refractivity (Wildman–Crippen MR) is 56.4 cm³/mol. The summed E-state index contributed by atoms with van der Waals surface area (Å²) in [6.07, 6.45) is 3.64. The van der Waals surface area contributed by atoms with E-state index < -0.39 is 5.54 Å². The number of rotatable bonds is 4.